The van der Waals surface area contributed by atoms with Crippen LogP contribution in [0.2, 0.25) is 0 Å². The van der Waals surface area contributed by atoms with Gasteiger partial charge in [-0.3, -0.25) is 0 Å². The van der Waals surface area contributed by atoms with Crippen molar-refractivity contribution in [2.45, 2.75) is 26.2 Å². The highest BCUT2D eigenvalue weighted by Gasteiger charge is 2.20. The second-order valence-corrected chi connectivity index (χ2v) is 3.18. The van der Waals surface area contributed by atoms with E-state index in [9.17, 15) is 0 Å². The summed E-state index contributed by atoms with van der Waals surface area (Å²) in [6.45, 7) is 2.30. The molecule has 0 fully saturated rings. The van der Waals surface area contributed by atoms with Gasteiger partial charge in [0.05, 0.1) is 0 Å². The highest BCUT2D eigenvalue weighted by atomic mass is 15.6. The molecule has 1 aliphatic carbocycles. The van der Waals surface area contributed by atoms with Gasteiger partial charge in [0.1, 0.15) is 0 Å². The maximum Gasteiger partial charge on any atom is 0.0485 e. The lowest BCUT2D eigenvalue weighted by atomic mass is 9.92. The van der Waals surface area contributed by atoms with Crippen molar-refractivity contribution in [1.82, 2.24) is 16.4 Å². The van der Waals surface area contributed by atoms with Crippen LogP contribution in [0.1, 0.15) is 26.2 Å². The van der Waals surface area contributed by atoms with Crippen molar-refractivity contribution in [1.29, 1.82) is 0 Å². The Bertz CT molecular complexity index is 174. The summed E-state index contributed by atoms with van der Waals surface area (Å²) in [6, 6.07) is 0. The first-order valence-corrected chi connectivity index (χ1v) is 3.85. The van der Waals surface area contributed by atoms with Gasteiger partial charge in [-0.05, 0) is 25.2 Å². The number of hydrogen-bond donors (Lipinski definition) is 3. The van der Waals surface area contributed by atoms with Crippen molar-refractivity contribution in [3.8, 4) is 0 Å². The summed E-state index contributed by atoms with van der Waals surface area (Å²) < 4.78 is 0. The zero-order valence-electron chi connectivity index (χ0n) is 6.20. The Balaban J connectivity index is 2.13. The van der Waals surface area contributed by atoms with Gasteiger partial charge < -0.3 is 10.9 Å². The van der Waals surface area contributed by atoms with Gasteiger partial charge >= 0.3 is 0 Å². The third-order valence-corrected chi connectivity index (χ3v) is 2.23. The zero-order chi connectivity index (χ0) is 6.97. The molecule has 0 aromatic carbocycles. The van der Waals surface area contributed by atoms with E-state index in [0.717, 1.165) is 5.92 Å². The van der Waals surface area contributed by atoms with E-state index in [1.54, 1.807) is 0 Å². The molecule has 10 heavy (non-hydrogen) atoms. The van der Waals surface area contributed by atoms with Crippen LogP contribution in [0, 0.1) is 5.92 Å². The summed E-state index contributed by atoms with van der Waals surface area (Å²) >= 11 is 0. The lowest BCUT2D eigenvalue weighted by Gasteiger charge is -2.17. The molecule has 1 heterocycles. The number of hydrazine groups is 2. The molecule has 0 bridgehead atoms. The molecular weight excluding hydrogens is 126 g/mol. The predicted octanol–water partition coefficient (Wildman–Crippen LogP) is 0.630. The van der Waals surface area contributed by atoms with E-state index >= 15 is 0 Å². The Morgan fingerprint density at radius 2 is 2.10 bits per heavy atom. The molecule has 1 atom stereocenters. The van der Waals surface area contributed by atoms with Crippen LogP contribution < -0.4 is 16.4 Å². The first-order chi connectivity index (χ1) is 4.86. The van der Waals surface area contributed by atoms with Gasteiger partial charge in [0, 0.05) is 11.4 Å². The topological polar surface area (TPSA) is 36.1 Å². The second-order valence-electron chi connectivity index (χ2n) is 3.18. The molecule has 0 saturated carbocycles. The molecule has 2 rings (SSSR count). The van der Waals surface area contributed by atoms with Crippen molar-refractivity contribution in [2.75, 3.05) is 0 Å². The molecule has 1 aliphatic heterocycles. The van der Waals surface area contributed by atoms with Crippen molar-refractivity contribution in [3.05, 3.63) is 11.4 Å². The first kappa shape index (κ1) is 6.04. The molecule has 0 radical (unpaired) electrons. The average Bonchev–Trinajstić information content (AvgIpc) is 2.33. The van der Waals surface area contributed by atoms with Crippen LogP contribution in [0.4, 0.5) is 0 Å². The summed E-state index contributed by atoms with van der Waals surface area (Å²) in [5.74, 6) is 0.841. The van der Waals surface area contributed by atoms with E-state index < -0.39 is 0 Å². The van der Waals surface area contributed by atoms with E-state index in [1.807, 2.05) is 0 Å². The molecule has 0 aromatic heterocycles. The van der Waals surface area contributed by atoms with Crippen LogP contribution in [0.15, 0.2) is 11.4 Å². The molecule has 2 aliphatic rings. The molecule has 3 N–H and O–H groups in total. The van der Waals surface area contributed by atoms with Crippen molar-refractivity contribution in [3.63, 3.8) is 0 Å². The van der Waals surface area contributed by atoms with Crippen LogP contribution >= 0.6 is 0 Å². The van der Waals surface area contributed by atoms with E-state index in [4.69, 9.17) is 0 Å². The fraction of sp³-hybridized carbons (Fsp3) is 0.714. The molecule has 0 saturated heterocycles. The lowest BCUT2D eigenvalue weighted by Crippen LogP contribution is -2.32. The average molecular weight is 139 g/mol. The Hall–Kier alpha value is -0.700. The highest BCUT2D eigenvalue weighted by Crippen LogP contribution is 2.26. The molecule has 1 unspecified atom stereocenters. The zero-order valence-corrected chi connectivity index (χ0v) is 6.20. The summed E-state index contributed by atoms with van der Waals surface area (Å²) in [7, 11) is 0. The Morgan fingerprint density at radius 1 is 1.30 bits per heavy atom. The lowest BCUT2D eigenvalue weighted by molar-refractivity contribution is 0.487. The summed E-state index contributed by atoms with van der Waals surface area (Å²) in [4.78, 5) is 0. The van der Waals surface area contributed by atoms with Crippen molar-refractivity contribution in [2.24, 2.45) is 5.92 Å². The molecule has 3 nitrogen and oxygen atoms in total. The smallest absolute Gasteiger partial charge is 0.0485 e. The Labute approximate surface area is 60.8 Å². The summed E-state index contributed by atoms with van der Waals surface area (Å²) in [5, 5.41) is 0. The van der Waals surface area contributed by atoms with E-state index in [0.29, 0.717) is 0 Å². The SMILES string of the molecule is CC1CCC2=C(C1)NNN2. The molecule has 0 spiro atoms. The van der Waals surface area contributed by atoms with Crippen LogP contribution in [-0.2, 0) is 0 Å². The second kappa shape index (κ2) is 2.16. The summed E-state index contributed by atoms with van der Waals surface area (Å²) in [5.41, 5.74) is 11.8. The monoisotopic (exact) mass is 139 g/mol. The number of nitrogens with one attached hydrogen (secondary N) is 3. The van der Waals surface area contributed by atoms with Crippen molar-refractivity contribution < 1.29 is 0 Å². The van der Waals surface area contributed by atoms with E-state index in [-0.39, 0.29) is 0 Å². The molecular formula is C7H13N3. The Morgan fingerprint density at radius 3 is 3.00 bits per heavy atom. The van der Waals surface area contributed by atoms with Gasteiger partial charge in [-0.1, -0.05) is 6.92 Å². The quantitative estimate of drug-likeness (QED) is 0.460. The number of hydrogen-bond acceptors (Lipinski definition) is 3. The third kappa shape index (κ3) is 0.865. The maximum atomic E-state index is 3.11. The van der Waals surface area contributed by atoms with E-state index in [1.165, 1.54) is 30.7 Å². The normalized spacial score (nSPS) is 31.1. The minimum atomic E-state index is 0.841. The van der Waals surface area contributed by atoms with Crippen LogP contribution in [-0.4, -0.2) is 0 Å². The maximum absolute atomic E-state index is 3.11. The minimum absolute atomic E-state index is 0.841. The fourth-order valence-corrected chi connectivity index (χ4v) is 1.56. The minimum Gasteiger partial charge on any atom is -0.306 e. The molecule has 3 heteroatoms. The third-order valence-electron chi connectivity index (χ3n) is 2.23. The van der Waals surface area contributed by atoms with Crippen LogP contribution in [0.5, 0.6) is 0 Å². The van der Waals surface area contributed by atoms with Gasteiger partial charge in [0.2, 0.25) is 0 Å². The molecule has 56 valence electrons. The summed E-state index contributed by atoms with van der Waals surface area (Å²) in [6.07, 6.45) is 3.70. The number of rotatable bonds is 0. The first-order valence-electron chi connectivity index (χ1n) is 3.85. The predicted molar refractivity (Wildman–Crippen MR) is 39.4 cm³/mol. The van der Waals surface area contributed by atoms with Crippen LogP contribution in [0.3, 0.4) is 0 Å². The Kier molecular flexibility index (Phi) is 1.31. The highest BCUT2D eigenvalue weighted by molar-refractivity contribution is 5.16. The molecule has 0 aromatic rings. The van der Waals surface area contributed by atoms with Gasteiger partial charge in [0.15, 0.2) is 0 Å². The molecule has 0 amide bonds. The van der Waals surface area contributed by atoms with Gasteiger partial charge in [-0.15, -0.1) is 0 Å². The van der Waals surface area contributed by atoms with Gasteiger partial charge in [0.25, 0.3) is 0 Å². The van der Waals surface area contributed by atoms with Gasteiger partial charge in [-0.2, -0.15) is 5.53 Å². The van der Waals surface area contributed by atoms with Gasteiger partial charge in [-0.25, -0.2) is 0 Å². The largest absolute Gasteiger partial charge is 0.306 e. The van der Waals surface area contributed by atoms with E-state index in [2.05, 4.69) is 23.3 Å². The number of allylic oxidation sites excluding steroid dienone is 2. The standard InChI is InChI=1S/C7H13N3/c1-5-2-3-6-7(4-5)9-10-8-6/h5,8-10H,2-4H2,1H3. The van der Waals surface area contributed by atoms with Crippen LogP contribution in [0.25, 0.3) is 0 Å². The van der Waals surface area contributed by atoms with Crippen molar-refractivity contribution >= 4 is 0 Å². The fourth-order valence-electron chi connectivity index (χ4n) is 1.56.